The van der Waals surface area contributed by atoms with Crippen molar-refractivity contribution in [1.82, 2.24) is 10.6 Å². The van der Waals surface area contributed by atoms with Crippen molar-refractivity contribution in [3.05, 3.63) is 71.3 Å². The number of fused-ring (bicyclic) bond motifs is 1. The van der Waals surface area contributed by atoms with E-state index in [1.54, 1.807) is 0 Å². The van der Waals surface area contributed by atoms with Gasteiger partial charge in [-0.3, -0.25) is 0 Å². The molecule has 0 saturated carbocycles. The molecule has 0 radical (unpaired) electrons. The van der Waals surface area contributed by atoms with Crippen LogP contribution in [0.2, 0.25) is 0 Å². The van der Waals surface area contributed by atoms with Crippen LogP contribution >= 0.6 is 0 Å². The second-order valence-electron chi connectivity index (χ2n) is 6.53. The Morgan fingerprint density at radius 3 is 2.62 bits per heavy atom. The van der Waals surface area contributed by atoms with Gasteiger partial charge in [0.25, 0.3) is 0 Å². The third-order valence-electron chi connectivity index (χ3n) is 4.75. The minimum Gasteiger partial charge on any atom is -0.467 e. The minimum absolute atomic E-state index is 0.0324. The molecule has 2 atom stereocenters. The van der Waals surface area contributed by atoms with E-state index in [-0.39, 0.29) is 12.1 Å². The lowest BCUT2D eigenvalue weighted by atomic mass is 9.88. The maximum atomic E-state index is 12.5. The van der Waals surface area contributed by atoms with Crippen LogP contribution in [0.5, 0.6) is 0 Å². The highest BCUT2D eigenvalue weighted by Gasteiger charge is 2.25. The molecular weight excluding hydrogens is 328 g/mol. The molecular formula is C21H24N2O3. The van der Waals surface area contributed by atoms with Crippen molar-refractivity contribution in [3.63, 3.8) is 0 Å². The first-order valence-electron chi connectivity index (χ1n) is 8.94. The van der Waals surface area contributed by atoms with Gasteiger partial charge in [-0.05, 0) is 36.0 Å². The Morgan fingerprint density at radius 1 is 1.12 bits per heavy atom. The zero-order valence-corrected chi connectivity index (χ0v) is 14.9. The average molecular weight is 352 g/mol. The molecule has 5 heteroatoms. The van der Waals surface area contributed by atoms with E-state index in [4.69, 9.17) is 4.74 Å². The summed E-state index contributed by atoms with van der Waals surface area (Å²) in [5.74, 6) is -0.451. The van der Waals surface area contributed by atoms with Crippen LogP contribution in [0.4, 0.5) is 4.79 Å². The molecule has 0 fully saturated rings. The number of rotatable bonds is 5. The predicted molar refractivity (Wildman–Crippen MR) is 99.7 cm³/mol. The van der Waals surface area contributed by atoms with Gasteiger partial charge in [0.15, 0.2) is 0 Å². The van der Waals surface area contributed by atoms with Crippen LogP contribution in [0, 0.1) is 0 Å². The van der Waals surface area contributed by atoms with E-state index >= 15 is 0 Å². The van der Waals surface area contributed by atoms with Gasteiger partial charge in [-0.2, -0.15) is 0 Å². The highest BCUT2D eigenvalue weighted by atomic mass is 16.5. The van der Waals surface area contributed by atoms with Crippen LogP contribution in [-0.2, 0) is 22.4 Å². The molecule has 136 valence electrons. The molecule has 2 aromatic rings. The van der Waals surface area contributed by atoms with Gasteiger partial charge in [-0.1, -0.05) is 54.6 Å². The lowest BCUT2D eigenvalue weighted by Crippen LogP contribution is -2.48. The molecule has 0 bridgehead atoms. The second-order valence-corrected chi connectivity index (χ2v) is 6.53. The number of methoxy groups -OCH3 is 1. The molecule has 2 amide bonds. The van der Waals surface area contributed by atoms with Gasteiger partial charge in [0.2, 0.25) is 0 Å². The summed E-state index contributed by atoms with van der Waals surface area (Å²) < 4.78 is 4.85. The molecule has 0 heterocycles. The molecule has 26 heavy (non-hydrogen) atoms. The second kappa shape index (κ2) is 8.52. The number of aryl methyl sites for hydroxylation is 1. The van der Waals surface area contributed by atoms with Gasteiger partial charge in [0, 0.05) is 6.42 Å². The Kier molecular flexibility index (Phi) is 5.89. The van der Waals surface area contributed by atoms with Crippen molar-refractivity contribution in [3.8, 4) is 0 Å². The maximum absolute atomic E-state index is 12.5. The summed E-state index contributed by atoms with van der Waals surface area (Å²) >= 11 is 0. The molecule has 2 aromatic carbocycles. The van der Waals surface area contributed by atoms with Crippen LogP contribution in [-0.4, -0.2) is 25.2 Å². The fourth-order valence-electron chi connectivity index (χ4n) is 3.45. The van der Waals surface area contributed by atoms with Crippen molar-refractivity contribution >= 4 is 12.0 Å². The van der Waals surface area contributed by atoms with Crippen LogP contribution in [0.1, 0.15) is 35.6 Å². The van der Waals surface area contributed by atoms with E-state index < -0.39 is 12.0 Å². The number of carbonyl (C=O) groups excluding carboxylic acids is 2. The van der Waals surface area contributed by atoms with Crippen molar-refractivity contribution < 1.29 is 14.3 Å². The number of carbonyl (C=O) groups is 2. The van der Waals surface area contributed by atoms with Gasteiger partial charge in [-0.15, -0.1) is 0 Å². The number of urea groups is 1. The third-order valence-corrected chi connectivity index (χ3v) is 4.75. The number of hydrogen-bond acceptors (Lipinski definition) is 3. The zero-order valence-electron chi connectivity index (χ0n) is 14.9. The molecule has 2 unspecified atom stereocenters. The fraction of sp³-hybridized carbons (Fsp3) is 0.333. The van der Waals surface area contributed by atoms with Crippen LogP contribution in [0.3, 0.4) is 0 Å². The standard InChI is InChI=1S/C21H24N2O3/c1-26-20(24)19(14-15-8-3-2-4-9-15)23-21(25)22-18-13-7-11-16-10-5-6-12-17(16)18/h2-6,8-10,12,18-19H,7,11,13-14H2,1H3,(H2,22,23,25). The van der Waals surface area contributed by atoms with Crippen molar-refractivity contribution in [2.24, 2.45) is 0 Å². The van der Waals surface area contributed by atoms with Crippen LogP contribution < -0.4 is 10.6 Å². The van der Waals surface area contributed by atoms with Gasteiger partial charge in [0.05, 0.1) is 13.2 Å². The summed E-state index contributed by atoms with van der Waals surface area (Å²) in [5, 5.41) is 5.78. The summed E-state index contributed by atoms with van der Waals surface area (Å²) in [7, 11) is 1.33. The molecule has 5 nitrogen and oxygen atoms in total. The number of hydrogen-bond donors (Lipinski definition) is 2. The summed E-state index contributed by atoms with van der Waals surface area (Å²) in [4.78, 5) is 24.6. The molecule has 3 rings (SSSR count). The highest BCUT2D eigenvalue weighted by molar-refractivity contribution is 5.84. The molecule has 0 saturated heterocycles. The number of benzene rings is 2. The van der Waals surface area contributed by atoms with Gasteiger partial charge >= 0.3 is 12.0 Å². The van der Waals surface area contributed by atoms with Crippen molar-refractivity contribution in [2.75, 3.05) is 7.11 Å². The number of ether oxygens (including phenoxy) is 1. The first kappa shape index (κ1) is 18.0. The summed E-state index contributed by atoms with van der Waals surface area (Å²) in [5.41, 5.74) is 3.40. The molecule has 2 N–H and O–H groups in total. The minimum atomic E-state index is -0.721. The third kappa shape index (κ3) is 4.42. The molecule has 1 aliphatic rings. The van der Waals surface area contributed by atoms with E-state index in [2.05, 4.69) is 22.8 Å². The SMILES string of the molecule is COC(=O)C(Cc1ccccc1)NC(=O)NC1CCCc2ccccc21. The average Bonchev–Trinajstić information content (AvgIpc) is 2.68. The first-order valence-corrected chi connectivity index (χ1v) is 8.94. The topological polar surface area (TPSA) is 67.4 Å². The Labute approximate surface area is 153 Å². The van der Waals surface area contributed by atoms with E-state index in [0.717, 1.165) is 30.4 Å². The van der Waals surface area contributed by atoms with E-state index in [1.165, 1.54) is 12.7 Å². The largest absolute Gasteiger partial charge is 0.467 e. The fourth-order valence-corrected chi connectivity index (χ4v) is 3.45. The van der Waals surface area contributed by atoms with Gasteiger partial charge in [0.1, 0.15) is 6.04 Å². The van der Waals surface area contributed by atoms with Crippen LogP contribution in [0.15, 0.2) is 54.6 Å². The Balaban J connectivity index is 1.66. The Hall–Kier alpha value is -2.82. The normalized spacial score (nSPS) is 16.9. The van der Waals surface area contributed by atoms with Crippen molar-refractivity contribution in [2.45, 2.75) is 37.8 Å². The highest BCUT2D eigenvalue weighted by Crippen LogP contribution is 2.29. The number of amides is 2. The maximum Gasteiger partial charge on any atom is 0.328 e. The summed E-state index contributed by atoms with van der Waals surface area (Å²) in [6.07, 6.45) is 3.36. The molecule has 0 aromatic heterocycles. The summed E-state index contributed by atoms with van der Waals surface area (Å²) in [6, 6.07) is 16.6. The first-order chi connectivity index (χ1) is 12.7. The lowest BCUT2D eigenvalue weighted by molar-refractivity contribution is -0.142. The molecule has 1 aliphatic carbocycles. The number of esters is 1. The monoisotopic (exact) mass is 352 g/mol. The van der Waals surface area contributed by atoms with Gasteiger partial charge < -0.3 is 15.4 Å². The van der Waals surface area contributed by atoms with E-state index in [1.807, 2.05) is 42.5 Å². The van der Waals surface area contributed by atoms with Crippen LogP contribution in [0.25, 0.3) is 0 Å². The summed E-state index contributed by atoms with van der Waals surface area (Å²) in [6.45, 7) is 0. The quantitative estimate of drug-likeness (QED) is 0.813. The smallest absolute Gasteiger partial charge is 0.328 e. The van der Waals surface area contributed by atoms with Crippen molar-refractivity contribution in [1.29, 1.82) is 0 Å². The molecule has 0 aliphatic heterocycles. The number of nitrogens with one attached hydrogen (secondary N) is 2. The Morgan fingerprint density at radius 2 is 1.85 bits per heavy atom. The Bertz CT molecular complexity index is 761. The zero-order chi connectivity index (χ0) is 18.4. The van der Waals surface area contributed by atoms with E-state index in [0.29, 0.717) is 6.42 Å². The molecule has 0 spiro atoms. The van der Waals surface area contributed by atoms with E-state index in [9.17, 15) is 9.59 Å². The van der Waals surface area contributed by atoms with Gasteiger partial charge in [-0.25, -0.2) is 9.59 Å². The predicted octanol–water partition coefficient (Wildman–Crippen LogP) is 3.15. The lowest BCUT2D eigenvalue weighted by Gasteiger charge is -2.27.